The maximum atomic E-state index is 12.3. The predicted molar refractivity (Wildman–Crippen MR) is 67.9 cm³/mol. The van der Waals surface area contributed by atoms with Crippen molar-refractivity contribution in [2.45, 2.75) is 20.0 Å². The van der Waals surface area contributed by atoms with E-state index in [-0.39, 0.29) is 24.1 Å². The van der Waals surface area contributed by atoms with Gasteiger partial charge in [0.1, 0.15) is 0 Å². The number of benzene rings is 1. The molecule has 1 rings (SSSR count). The highest BCUT2D eigenvalue weighted by molar-refractivity contribution is 5.94. The molecule has 1 aromatic rings. The summed E-state index contributed by atoms with van der Waals surface area (Å²) in [5.74, 6) is -1.01. The minimum absolute atomic E-state index is 0.224. The van der Waals surface area contributed by atoms with Crippen molar-refractivity contribution in [1.82, 2.24) is 5.32 Å². The zero-order valence-corrected chi connectivity index (χ0v) is 11.0. The molecule has 0 spiro atoms. The molecule has 0 heterocycles. The number of rotatable bonds is 4. The molecule has 0 fully saturated rings. The summed E-state index contributed by atoms with van der Waals surface area (Å²) in [6.07, 6.45) is -4.41. The van der Waals surface area contributed by atoms with Crippen molar-refractivity contribution in [3.63, 3.8) is 0 Å². The monoisotopic (exact) mass is 288 g/mol. The van der Waals surface area contributed by atoms with E-state index in [0.717, 1.165) is 24.3 Å². The van der Waals surface area contributed by atoms with Crippen molar-refractivity contribution >= 4 is 17.5 Å². The molecule has 0 unspecified atom stereocenters. The third-order valence-corrected chi connectivity index (χ3v) is 2.44. The summed E-state index contributed by atoms with van der Waals surface area (Å²) in [6.45, 7) is 3.14. The summed E-state index contributed by atoms with van der Waals surface area (Å²) < 4.78 is 37.0. The van der Waals surface area contributed by atoms with E-state index in [1.807, 2.05) is 0 Å². The summed E-state index contributed by atoms with van der Waals surface area (Å²) in [5, 5.41) is 4.80. The van der Waals surface area contributed by atoms with Crippen LogP contribution in [0.2, 0.25) is 0 Å². The van der Waals surface area contributed by atoms with Crippen LogP contribution in [0.3, 0.4) is 0 Å². The van der Waals surface area contributed by atoms with E-state index in [9.17, 15) is 22.8 Å². The molecule has 0 aliphatic rings. The molecular weight excluding hydrogens is 273 g/mol. The largest absolute Gasteiger partial charge is 0.416 e. The molecule has 0 aliphatic carbocycles. The maximum Gasteiger partial charge on any atom is 0.416 e. The summed E-state index contributed by atoms with van der Waals surface area (Å²) >= 11 is 0. The molecular formula is C13H15F3N2O2. The third-order valence-electron chi connectivity index (χ3n) is 2.44. The summed E-state index contributed by atoms with van der Waals surface area (Å²) in [5.41, 5.74) is -0.551. The summed E-state index contributed by atoms with van der Waals surface area (Å²) in [7, 11) is 0. The van der Waals surface area contributed by atoms with Gasteiger partial charge in [-0.05, 0) is 24.3 Å². The first kappa shape index (κ1) is 16.0. The predicted octanol–water partition coefficient (Wildman–Crippen LogP) is 2.42. The van der Waals surface area contributed by atoms with Crippen LogP contribution in [0.4, 0.5) is 18.9 Å². The van der Waals surface area contributed by atoms with Gasteiger partial charge in [0.05, 0.1) is 12.1 Å². The Labute approximate surface area is 114 Å². The van der Waals surface area contributed by atoms with Gasteiger partial charge in [0.25, 0.3) is 0 Å². The van der Waals surface area contributed by atoms with E-state index in [1.165, 1.54) is 0 Å². The first-order valence-corrected chi connectivity index (χ1v) is 5.95. The fourth-order valence-electron chi connectivity index (χ4n) is 1.32. The maximum absolute atomic E-state index is 12.3. The Morgan fingerprint density at radius 3 is 2.15 bits per heavy atom. The fraction of sp³-hybridized carbons (Fsp3) is 0.385. The van der Waals surface area contributed by atoms with E-state index in [4.69, 9.17) is 0 Å². The number of nitrogens with one attached hydrogen (secondary N) is 2. The zero-order valence-electron chi connectivity index (χ0n) is 11.0. The van der Waals surface area contributed by atoms with E-state index >= 15 is 0 Å². The van der Waals surface area contributed by atoms with Crippen molar-refractivity contribution in [2.75, 3.05) is 11.9 Å². The van der Waals surface area contributed by atoms with Crippen LogP contribution in [0.5, 0.6) is 0 Å². The Morgan fingerprint density at radius 1 is 1.15 bits per heavy atom. The van der Waals surface area contributed by atoms with Crippen molar-refractivity contribution in [1.29, 1.82) is 0 Å². The van der Waals surface area contributed by atoms with Gasteiger partial charge >= 0.3 is 6.18 Å². The van der Waals surface area contributed by atoms with Gasteiger partial charge in [0.2, 0.25) is 11.8 Å². The lowest BCUT2D eigenvalue weighted by Crippen LogP contribution is -2.35. The van der Waals surface area contributed by atoms with Gasteiger partial charge in [-0.3, -0.25) is 9.59 Å². The van der Waals surface area contributed by atoms with E-state index in [2.05, 4.69) is 10.6 Å². The average Bonchev–Trinajstić information content (AvgIpc) is 2.35. The molecule has 1 aromatic carbocycles. The smallest absolute Gasteiger partial charge is 0.347 e. The minimum atomic E-state index is -4.41. The van der Waals surface area contributed by atoms with Crippen molar-refractivity contribution in [3.05, 3.63) is 29.8 Å². The molecule has 0 saturated heterocycles. The Balaban J connectivity index is 2.53. The lowest BCUT2D eigenvalue weighted by molar-refractivity contribution is -0.137. The van der Waals surface area contributed by atoms with Gasteiger partial charge in [0, 0.05) is 11.6 Å². The quantitative estimate of drug-likeness (QED) is 0.894. The van der Waals surface area contributed by atoms with Crippen LogP contribution in [-0.2, 0) is 15.8 Å². The molecule has 2 amide bonds. The number of halogens is 3. The van der Waals surface area contributed by atoms with E-state index in [1.54, 1.807) is 13.8 Å². The molecule has 20 heavy (non-hydrogen) atoms. The van der Waals surface area contributed by atoms with Crippen LogP contribution in [0.1, 0.15) is 19.4 Å². The minimum Gasteiger partial charge on any atom is -0.347 e. The highest BCUT2D eigenvalue weighted by Gasteiger charge is 2.29. The van der Waals surface area contributed by atoms with E-state index in [0.29, 0.717) is 0 Å². The van der Waals surface area contributed by atoms with Crippen LogP contribution in [0, 0.1) is 5.92 Å². The molecule has 0 bridgehead atoms. The van der Waals surface area contributed by atoms with Crippen molar-refractivity contribution in [2.24, 2.45) is 5.92 Å². The van der Waals surface area contributed by atoms with Gasteiger partial charge in [-0.25, -0.2) is 0 Å². The standard InChI is InChI=1S/C13H15F3N2O2/c1-8(2)12(20)17-7-11(19)18-10-5-3-9(4-6-10)13(14,15)16/h3-6,8H,7H2,1-2H3,(H,17,20)(H,18,19). The number of anilines is 1. The Kier molecular flexibility index (Phi) is 5.12. The van der Waals surface area contributed by atoms with Gasteiger partial charge < -0.3 is 10.6 Å². The molecule has 2 N–H and O–H groups in total. The van der Waals surface area contributed by atoms with Crippen molar-refractivity contribution in [3.8, 4) is 0 Å². The Bertz CT molecular complexity index is 481. The third kappa shape index (κ3) is 4.91. The average molecular weight is 288 g/mol. The molecule has 0 saturated carbocycles. The first-order valence-electron chi connectivity index (χ1n) is 5.95. The van der Waals surface area contributed by atoms with Crippen LogP contribution < -0.4 is 10.6 Å². The lowest BCUT2D eigenvalue weighted by atomic mass is 10.2. The first-order chi connectivity index (χ1) is 9.20. The van der Waals surface area contributed by atoms with Gasteiger partial charge in [-0.1, -0.05) is 13.8 Å². The zero-order chi connectivity index (χ0) is 15.3. The van der Waals surface area contributed by atoms with E-state index < -0.39 is 17.6 Å². The topological polar surface area (TPSA) is 58.2 Å². The van der Waals surface area contributed by atoms with Gasteiger partial charge in [0.15, 0.2) is 0 Å². The van der Waals surface area contributed by atoms with Gasteiger partial charge in [-0.2, -0.15) is 13.2 Å². The normalized spacial score (nSPS) is 11.3. The van der Waals surface area contributed by atoms with Crippen molar-refractivity contribution < 1.29 is 22.8 Å². The Hall–Kier alpha value is -2.05. The second-order valence-corrected chi connectivity index (χ2v) is 4.50. The van der Waals surface area contributed by atoms with Gasteiger partial charge in [-0.15, -0.1) is 0 Å². The lowest BCUT2D eigenvalue weighted by Gasteiger charge is -2.10. The summed E-state index contributed by atoms with van der Waals surface area (Å²) in [4.78, 5) is 22.7. The molecule has 110 valence electrons. The number of alkyl halides is 3. The molecule has 0 atom stereocenters. The fourth-order valence-corrected chi connectivity index (χ4v) is 1.32. The number of hydrogen-bond acceptors (Lipinski definition) is 2. The van der Waals surface area contributed by atoms with Crippen LogP contribution in [-0.4, -0.2) is 18.4 Å². The summed E-state index contributed by atoms with van der Waals surface area (Å²) in [6, 6.07) is 4.07. The molecule has 7 heteroatoms. The highest BCUT2D eigenvalue weighted by atomic mass is 19.4. The van der Waals surface area contributed by atoms with Crippen LogP contribution >= 0.6 is 0 Å². The molecule has 4 nitrogen and oxygen atoms in total. The SMILES string of the molecule is CC(C)C(=O)NCC(=O)Nc1ccc(C(F)(F)F)cc1. The number of carbonyl (C=O) groups is 2. The molecule has 0 aromatic heterocycles. The molecule has 0 radical (unpaired) electrons. The Morgan fingerprint density at radius 2 is 1.70 bits per heavy atom. The second kappa shape index (κ2) is 6.40. The number of hydrogen-bond donors (Lipinski definition) is 2. The van der Waals surface area contributed by atoms with Crippen LogP contribution in [0.15, 0.2) is 24.3 Å². The number of carbonyl (C=O) groups excluding carboxylic acids is 2. The number of amides is 2. The molecule has 0 aliphatic heterocycles. The van der Waals surface area contributed by atoms with Crippen LogP contribution in [0.25, 0.3) is 0 Å². The highest BCUT2D eigenvalue weighted by Crippen LogP contribution is 2.29. The second-order valence-electron chi connectivity index (χ2n) is 4.50.